The molecule has 1 aliphatic heterocycles. The van der Waals surface area contributed by atoms with Gasteiger partial charge in [-0.15, -0.1) is 0 Å². The van der Waals surface area contributed by atoms with Crippen LogP contribution in [0.3, 0.4) is 0 Å². The molecule has 1 fully saturated rings. The van der Waals surface area contributed by atoms with Crippen LogP contribution in [-0.2, 0) is 0 Å². The molecule has 1 aromatic heterocycles. The Morgan fingerprint density at radius 1 is 1.16 bits per heavy atom. The number of nitrogens with zero attached hydrogens (tertiary/aromatic N) is 2. The lowest BCUT2D eigenvalue weighted by molar-refractivity contribution is -0.608. The smallest absolute Gasteiger partial charge is 0.320 e. The van der Waals surface area contributed by atoms with E-state index >= 15 is 0 Å². The van der Waals surface area contributed by atoms with Crippen molar-refractivity contribution in [3.05, 3.63) is 71.2 Å². The molecule has 0 saturated carbocycles. The molecule has 0 radical (unpaired) electrons. The van der Waals surface area contributed by atoms with Crippen molar-refractivity contribution in [1.29, 1.82) is 0 Å². The molecule has 1 aliphatic rings. The summed E-state index contributed by atoms with van der Waals surface area (Å²) in [5.74, 6) is -0.247. The number of hydrogen-bond acceptors (Lipinski definition) is 3. The Balaban J connectivity index is 1.80. The van der Waals surface area contributed by atoms with Crippen molar-refractivity contribution in [3.63, 3.8) is 0 Å². The Bertz CT molecular complexity index is 705. The predicted octanol–water partition coefficient (Wildman–Crippen LogP) is 2.83. The van der Waals surface area contributed by atoms with Gasteiger partial charge in [0.1, 0.15) is 0 Å². The van der Waals surface area contributed by atoms with Gasteiger partial charge >= 0.3 is 5.91 Å². The van der Waals surface area contributed by atoms with Crippen LogP contribution in [0.2, 0.25) is 0 Å². The highest BCUT2D eigenvalue weighted by atomic mass is 16.5. The number of aliphatic hydroxyl groups is 1. The van der Waals surface area contributed by atoms with E-state index in [2.05, 4.69) is 0 Å². The van der Waals surface area contributed by atoms with Gasteiger partial charge in [-0.3, -0.25) is 4.79 Å². The molecule has 5 nitrogen and oxygen atoms in total. The standard InChI is InChI=1S/C20H24N2O3/c23-19(16-9-3-1-4-10-16)15-17-11-5-2-7-13-21(17)20(24)18-12-6-8-14-22(18)25/h1,3-4,6,8-10,12,14,17,19,23H,2,5,7,11,13,15H2. The van der Waals surface area contributed by atoms with E-state index in [1.54, 1.807) is 23.1 Å². The molecule has 0 spiro atoms. The fourth-order valence-electron chi connectivity index (χ4n) is 3.50. The molecule has 132 valence electrons. The molecule has 0 aliphatic carbocycles. The zero-order valence-corrected chi connectivity index (χ0v) is 14.3. The molecule has 2 aromatic rings. The zero-order valence-electron chi connectivity index (χ0n) is 14.3. The number of rotatable bonds is 4. The third kappa shape index (κ3) is 4.17. The van der Waals surface area contributed by atoms with E-state index in [0.29, 0.717) is 17.7 Å². The van der Waals surface area contributed by atoms with Crippen molar-refractivity contribution in [2.45, 2.75) is 44.2 Å². The van der Waals surface area contributed by atoms with Gasteiger partial charge in [-0.05, 0) is 30.9 Å². The molecule has 1 amide bonds. The molecular weight excluding hydrogens is 316 g/mol. The second-order valence-corrected chi connectivity index (χ2v) is 6.58. The summed E-state index contributed by atoms with van der Waals surface area (Å²) in [4.78, 5) is 14.7. The summed E-state index contributed by atoms with van der Waals surface area (Å²) in [6.45, 7) is 0.625. The molecule has 0 bridgehead atoms. The molecular formula is C20H24N2O3. The maximum absolute atomic E-state index is 12.9. The number of pyridine rings is 1. The molecule has 2 atom stereocenters. The van der Waals surface area contributed by atoms with Gasteiger partial charge < -0.3 is 15.2 Å². The number of aromatic nitrogens is 1. The normalized spacial score (nSPS) is 19.2. The van der Waals surface area contributed by atoms with Gasteiger partial charge in [0.25, 0.3) is 5.69 Å². The Labute approximate surface area is 148 Å². The summed E-state index contributed by atoms with van der Waals surface area (Å²) in [5.41, 5.74) is 1.00. The number of amides is 1. The largest absolute Gasteiger partial charge is 0.618 e. The highest BCUT2D eigenvalue weighted by Crippen LogP contribution is 2.27. The van der Waals surface area contributed by atoms with Gasteiger partial charge in [-0.1, -0.05) is 43.2 Å². The number of benzene rings is 1. The monoisotopic (exact) mass is 340 g/mol. The van der Waals surface area contributed by atoms with Gasteiger partial charge in [0.05, 0.1) is 6.10 Å². The molecule has 1 N–H and O–H groups in total. The van der Waals surface area contributed by atoms with Crippen LogP contribution in [0.4, 0.5) is 0 Å². The van der Waals surface area contributed by atoms with E-state index in [9.17, 15) is 15.1 Å². The highest BCUT2D eigenvalue weighted by Gasteiger charge is 2.31. The van der Waals surface area contributed by atoms with Crippen LogP contribution in [0.1, 0.15) is 54.3 Å². The van der Waals surface area contributed by atoms with Crippen molar-refractivity contribution < 1.29 is 14.6 Å². The third-order valence-electron chi connectivity index (χ3n) is 4.86. The third-order valence-corrected chi connectivity index (χ3v) is 4.86. The first-order chi connectivity index (χ1) is 12.2. The van der Waals surface area contributed by atoms with Crippen molar-refractivity contribution >= 4 is 5.91 Å². The Hall–Kier alpha value is -2.40. The minimum atomic E-state index is -0.616. The van der Waals surface area contributed by atoms with Gasteiger partial charge in [0.2, 0.25) is 0 Å². The lowest BCUT2D eigenvalue weighted by Crippen LogP contribution is -2.46. The molecule has 1 aromatic carbocycles. The number of carbonyl (C=O) groups excluding carboxylic acids is 1. The van der Waals surface area contributed by atoms with Gasteiger partial charge in [0, 0.05) is 24.7 Å². The number of aliphatic hydroxyl groups excluding tert-OH is 1. The first kappa shape index (κ1) is 17.4. The lowest BCUT2D eigenvalue weighted by atomic mass is 9.98. The van der Waals surface area contributed by atoms with Gasteiger partial charge in [0.15, 0.2) is 6.20 Å². The van der Waals surface area contributed by atoms with Crippen LogP contribution in [0.15, 0.2) is 54.7 Å². The Kier molecular flexibility index (Phi) is 5.66. The first-order valence-electron chi connectivity index (χ1n) is 8.89. The van der Waals surface area contributed by atoms with Crippen molar-refractivity contribution in [2.24, 2.45) is 0 Å². The quantitative estimate of drug-likeness (QED) is 0.687. The minimum Gasteiger partial charge on any atom is -0.618 e. The fourth-order valence-corrected chi connectivity index (χ4v) is 3.50. The summed E-state index contributed by atoms with van der Waals surface area (Å²) >= 11 is 0. The fraction of sp³-hybridized carbons (Fsp3) is 0.400. The van der Waals surface area contributed by atoms with Crippen molar-refractivity contribution in [3.8, 4) is 0 Å². The summed E-state index contributed by atoms with van der Waals surface area (Å²) in [6, 6.07) is 14.3. The molecule has 25 heavy (non-hydrogen) atoms. The zero-order chi connectivity index (χ0) is 17.6. The van der Waals surface area contributed by atoms with E-state index in [1.165, 1.54) is 6.20 Å². The number of hydrogen-bond donors (Lipinski definition) is 1. The minimum absolute atomic E-state index is 0.0644. The van der Waals surface area contributed by atoms with Gasteiger partial charge in [-0.2, -0.15) is 4.73 Å². The molecule has 1 saturated heterocycles. The first-order valence-corrected chi connectivity index (χ1v) is 8.89. The lowest BCUT2D eigenvalue weighted by Gasteiger charge is -2.31. The maximum atomic E-state index is 12.9. The number of carbonyl (C=O) groups is 1. The summed E-state index contributed by atoms with van der Waals surface area (Å²) in [5, 5.41) is 22.5. The van der Waals surface area contributed by atoms with E-state index in [4.69, 9.17) is 0 Å². The molecule has 2 heterocycles. The summed E-state index contributed by atoms with van der Waals surface area (Å²) in [7, 11) is 0. The van der Waals surface area contributed by atoms with Crippen LogP contribution in [-0.4, -0.2) is 28.5 Å². The topological polar surface area (TPSA) is 67.5 Å². The van der Waals surface area contributed by atoms with Crippen LogP contribution >= 0.6 is 0 Å². The number of likely N-dealkylation sites (tertiary alicyclic amines) is 1. The molecule has 5 heteroatoms. The van der Waals surface area contributed by atoms with Crippen LogP contribution in [0.25, 0.3) is 0 Å². The van der Waals surface area contributed by atoms with Gasteiger partial charge in [-0.25, -0.2) is 0 Å². The van der Waals surface area contributed by atoms with E-state index < -0.39 is 6.10 Å². The SMILES string of the molecule is O=C(c1cccc[n+]1[O-])N1CCCCCC1CC(O)c1ccccc1. The van der Waals surface area contributed by atoms with E-state index in [0.717, 1.165) is 31.2 Å². The average Bonchev–Trinajstić information content (AvgIpc) is 2.88. The van der Waals surface area contributed by atoms with Crippen LogP contribution in [0.5, 0.6) is 0 Å². The van der Waals surface area contributed by atoms with E-state index in [1.807, 2.05) is 30.3 Å². The maximum Gasteiger partial charge on any atom is 0.320 e. The van der Waals surface area contributed by atoms with Crippen molar-refractivity contribution in [2.75, 3.05) is 6.54 Å². The second kappa shape index (κ2) is 8.12. The van der Waals surface area contributed by atoms with Crippen LogP contribution < -0.4 is 4.73 Å². The van der Waals surface area contributed by atoms with Crippen LogP contribution in [0, 0.1) is 5.21 Å². The highest BCUT2D eigenvalue weighted by molar-refractivity contribution is 5.91. The Morgan fingerprint density at radius 2 is 1.92 bits per heavy atom. The predicted molar refractivity (Wildman–Crippen MR) is 94.7 cm³/mol. The molecule has 2 unspecified atom stereocenters. The average molecular weight is 340 g/mol. The van der Waals surface area contributed by atoms with E-state index in [-0.39, 0.29) is 17.6 Å². The Morgan fingerprint density at radius 3 is 2.68 bits per heavy atom. The van der Waals surface area contributed by atoms with Crippen molar-refractivity contribution in [1.82, 2.24) is 4.90 Å². The summed E-state index contributed by atoms with van der Waals surface area (Å²) < 4.78 is 0.623. The summed E-state index contributed by atoms with van der Waals surface area (Å²) in [6.07, 6.45) is 5.09. The second-order valence-electron chi connectivity index (χ2n) is 6.58. The molecule has 3 rings (SSSR count).